The normalized spacial score (nSPS) is 12.4. The van der Waals surface area contributed by atoms with Crippen LogP contribution in [0.25, 0.3) is 0 Å². The molecule has 18 heavy (non-hydrogen) atoms. The first-order chi connectivity index (χ1) is 8.63. The number of amides is 1. The van der Waals surface area contributed by atoms with E-state index in [1.54, 1.807) is 6.92 Å². The van der Waals surface area contributed by atoms with Gasteiger partial charge in [0, 0.05) is 13.1 Å². The summed E-state index contributed by atoms with van der Waals surface area (Å²) in [6.45, 7) is 7.96. The van der Waals surface area contributed by atoms with Crippen LogP contribution in [0.2, 0.25) is 0 Å². The molecule has 0 unspecified atom stereocenters. The van der Waals surface area contributed by atoms with Crippen molar-refractivity contribution in [3.8, 4) is 0 Å². The lowest BCUT2D eigenvalue weighted by atomic mass is 10.1. The van der Waals surface area contributed by atoms with Gasteiger partial charge in [-0.3, -0.25) is 4.79 Å². The van der Waals surface area contributed by atoms with Gasteiger partial charge < -0.3 is 10.6 Å². The first kappa shape index (κ1) is 17.4. The Morgan fingerprint density at radius 3 is 1.72 bits per heavy atom. The maximum Gasteiger partial charge on any atom is 0.239 e. The molecular weight excluding hydrogens is 224 g/mol. The number of hydrogen-bond donors (Lipinski definition) is 1. The Labute approximate surface area is 113 Å². The van der Waals surface area contributed by atoms with Gasteiger partial charge in [-0.15, -0.1) is 0 Å². The average molecular weight is 256 g/mol. The van der Waals surface area contributed by atoms with Gasteiger partial charge in [-0.2, -0.15) is 0 Å². The molecule has 0 aliphatic carbocycles. The molecule has 0 saturated heterocycles. The molecule has 0 aliphatic rings. The molecule has 108 valence electrons. The summed E-state index contributed by atoms with van der Waals surface area (Å²) in [6, 6.07) is -0.359. The maximum absolute atomic E-state index is 12.0. The first-order valence-corrected chi connectivity index (χ1v) is 7.67. The van der Waals surface area contributed by atoms with Crippen molar-refractivity contribution in [3.63, 3.8) is 0 Å². The smallest absolute Gasteiger partial charge is 0.239 e. The van der Waals surface area contributed by atoms with Crippen molar-refractivity contribution in [2.24, 2.45) is 5.73 Å². The summed E-state index contributed by atoms with van der Waals surface area (Å²) in [5.41, 5.74) is 5.71. The molecule has 3 nitrogen and oxygen atoms in total. The van der Waals surface area contributed by atoms with Crippen LogP contribution in [-0.4, -0.2) is 29.9 Å². The monoisotopic (exact) mass is 256 g/mol. The van der Waals surface area contributed by atoms with Crippen LogP contribution >= 0.6 is 0 Å². The molecule has 0 spiro atoms. The Balaban J connectivity index is 3.96. The van der Waals surface area contributed by atoms with Gasteiger partial charge in [-0.05, 0) is 19.8 Å². The summed E-state index contributed by atoms with van der Waals surface area (Å²) < 4.78 is 0. The minimum Gasteiger partial charge on any atom is -0.341 e. The largest absolute Gasteiger partial charge is 0.341 e. The molecular formula is C15H32N2O. The molecule has 0 aromatic heterocycles. The molecule has 0 fully saturated rings. The molecule has 2 N–H and O–H groups in total. The van der Waals surface area contributed by atoms with Crippen molar-refractivity contribution < 1.29 is 4.79 Å². The predicted octanol–water partition coefficient (Wildman–Crippen LogP) is 3.32. The van der Waals surface area contributed by atoms with Crippen LogP contribution in [-0.2, 0) is 4.79 Å². The molecule has 0 aromatic rings. The van der Waals surface area contributed by atoms with E-state index in [4.69, 9.17) is 5.73 Å². The number of carbonyl (C=O) groups excluding carboxylic acids is 1. The SMILES string of the molecule is CCCCCCN(CCCCCC)C(=O)[C@@H](C)N. The highest BCUT2D eigenvalue weighted by Crippen LogP contribution is 2.06. The van der Waals surface area contributed by atoms with Crippen LogP contribution in [0, 0.1) is 0 Å². The van der Waals surface area contributed by atoms with Crippen molar-refractivity contribution in [1.29, 1.82) is 0 Å². The van der Waals surface area contributed by atoms with E-state index in [9.17, 15) is 4.79 Å². The Morgan fingerprint density at radius 2 is 1.39 bits per heavy atom. The van der Waals surface area contributed by atoms with Crippen LogP contribution < -0.4 is 5.73 Å². The summed E-state index contributed by atoms with van der Waals surface area (Å²) in [6.07, 6.45) is 9.64. The topological polar surface area (TPSA) is 46.3 Å². The molecule has 3 heteroatoms. The molecule has 0 rings (SSSR count). The van der Waals surface area contributed by atoms with Gasteiger partial charge >= 0.3 is 0 Å². The fourth-order valence-corrected chi connectivity index (χ4v) is 2.08. The number of rotatable bonds is 11. The third-order valence-electron chi connectivity index (χ3n) is 3.26. The predicted molar refractivity (Wildman–Crippen MR) is 78.5 cm³/mol. The summed E-state index contributed by atoms with van der Waals surface area (Å²) >= 11 is 0. The molecule has 0 aromatic carbocycles. The molecule has 1 amide bonds. The van der Waals surface area contributed by atoms with Crippen molar-refractivity contribution in [3.05, 3.63) is 0 Å². The number of unbranched alkanes of at least 4 members (excludes halogenated alkanes) is 6. The summed E-state index contributed by atoms with van der Waals surface area (Å²) in [4.78, 5) is 13.9. The minimum atomic E-state index is -0.359. The summed E-state index contributed by atoms with van der Waals surface area (Å²) in [7, 11) is 0. The van der Waals surface area contributed by atoms with E-state index >= 15 is 0 Å². The highest BCUT2D eigenvalue weighted by atomic mass is 16.2. The third kappa shape index (κ3) is 8.51. The lowest BCUT2D eigenvalue weighted by Crippen LogP contribution is -2.43. The lowest BCUT2D eigenvalue weighted by molar-refractivity contribution is -0.132. The Bertz CT molecular complexity index is 193. The lowest BCUT2D eigenvalue weighted by Gasteiger charge is -2.24. The zero-order valence-electron chi connectivity index (χ0n) is 12.6. The van der Waals surface area contributed by atoms with Gasteiger partial charge in [0.15, 0.2) is 0 Å². The van der Waals surface area contributed by atoms with E-state index in [-0.39, 0.29) is 11.9 Å². The minimum absolute atomic E-state index is 0.114. The molecule has 0 aliphatic heterocycles. The van der Waals surface area contributed by atoms with Crippen LogP contribution in [0.5, 0.6) is 0 Å². The summed E-state index contributed by atoms with van der Waals surface area (Å²) in [5, 5.41) is 0. The second-order valence-electron chi connectivity index (χ2n) is 5.24. The molecule has 0 saturated carbocycles. The van der Waals surface area contributed by atoms with Gasteiger partial charge in [-0.25, -0.2) is 0 Å². The second kappa shape index (κ2) is 11.5. The van der Waals surface area contributed by atoms with E-state index in [0.29, 0.717) is 0 Å². The zero-order valence-corrected chi connectivity index (χ0v) is 12.6. The Morgan fingerprint density at radius 1 is 0.944 bits per heavy atom. The van der Waals surface area contributed by atoms with Crippen LogP contribution in [0.15, 0.2) is 0 Å². The van der Waals surface area contributed by atoms with Crippen LogP contribution in [0.4, 0.5) is 0 Å². The molecule has 0 radical (unpaired) electrons. The fourth-order valence-electron chi connectivity index (χ4n) is 2.08. The van der Waals surface area contributed by atoms with E-state index < -0.39 is 0 Å². The molecule has 1 atom stereocenters. The molecule has 0 heterocycles. The van der Waals surface area contributed by atoms with Crippen molar-refractivity contribution in [1.82, 2.24) is 4.90 Å². The Hall–Kier alpha value is -0.570. The van der Waals surface area contributed by atoms with Gasteiger partial charge in [0.05, 0.1) is 6.04 Å². The quantitative estimate of drug-likeness (QED) is 0.576. The third-order valence-corrected chi connectivity index (χ3v) is 3.26. The first-order valence-electron chi connectivity index (χ1n) is 7.67. The fraction of sp³-hybridized carbons (Fsp3) is 0.933. The highest BCUT2D eigenvalue weighted by Gasteiger charge is 2.16. The van der Waals surface area contributed by atoms with Gasteiger partial charge in [0.25, 0.3) is 0 Å². The average Bonchev–Trinajstić information content (AvgIpc) is 2.36. The number of nitrogens with two attached hydrogens (primary N) is 1. The van der Waals surface area contributed by atoms with Crippen molar-refractivity contribution in [2.75, 3.05) is 13.1 Å². The van der Waals surface area contributed by atoms with E-state index in [2.05, 4.69) is 13.8 Å². The van der Waals surface area contributed by atoms with Crippen LogP contribution in [0.3, 0.4) is 0 Å². The standard InChI is InChI=1S/C15H32N2O/c1-4-6-8-10-12-17(15(18)14(3)16)13-11-9-7-5-2/h14H,4-13,16H2,1-3H3/t14-/m1/s1. The zero-order chi connectivity index (χ0) is 13.8. The van der Waals surface area contributed by atoms with Crippen molar-refractivity contribution >= 4 is 5.91 Å². The van der Waals surface area contributed by atoms with E-state index in [0.717, 1.165) is 25.9 Å². The highest BCUT2D eigenvalue weighted by molar-refractivity contribution is 5.81. The van der Waals surface area contributed by atoms with Gasteiger partial charge in [-0.1, -0.05) is 52.4 Å². The number of hydrogen-bond acceptors (Lipinski definition) is 2. The van der Waals surface area contributed by atoms with Crippen LogP contribution in [0.1, 0.15) is 72.1 Å². The molecule has 0 bridgehead atoms. The van der Waals surface area contributed by atoms with Gasteiger partial charge in [0.1, 0.15) is 0 Å². The number of carbonyl (C=O) groups is 1. The number of nitrogens with zero attached hydrogens (tertiary/aromatic N) is 1. The van der Waals surface area contributed by atoms with E-state index in [1.807, 2.05) is 4.90 Å². The van der Waals surface area contributed by atoms with E-state index in [1.165, 1.54) is 38.5 Å². The Kier molecular flexibility index (Phi) is 11.2. The van der Waals surface area contributed by atoms with Gasteiger partial charge in [0.2, 0.25) is 5.91 Å². The second-order valence-corrected chi connectivity index (χ2v) is 5.24. The summed E-state index contributed by atoms with van der Waals surface area (Å²) in [5.74, 6) is 0.114. The van der Waals surface area contributed by atoms with Crippen molar-refractivity contribution in [2.45, 2.75) is 78.2 Å². The maximum atomic E-state index is 12.0.